The van der Waals surface area contributed by atoms with Gasteiger partial charge in [0.25, 0.3) is 0 Å². The van der Waals surface area contributed by atoms with Crippen LogP contribution in [0, 0.1) is 16.0 Å². The van der Waals surface area contributed by atoms with Crippen molar-refractivity contribution in [1.82, 2.24) is 14.1 Å². The highest BCUT2D eigenvalue weighted by atomic mass is 32.2. The van der Waals surface area contributed by atoms with Crippen molar-refractivity contribution in [3.05, 3.63) is 34.5 Å². The van der Waals surface area contributed by atoms with Crippen LogP contribution in [0.4, 0.5) is 11.6 Å². The first kappa shape index (κ1) is 16.7. The summed E-state index contributed by atoms with van der Waals surface area (Å²) in [7, 11) is -3.24. The van der Waals surface area contributed by atoms with Crippen LogP contribution in [0.5, 0.6) is 0 Å². The minimum absolute atomic E-state index is 0.0534. The fourth-order valence-electron chi connectivity index (χ4n) is 3.05. The number of hydrogen-bond acceptors (Lipinski definition) is 6. The van der Waals surface area contributed by atoms with Crippen LogP contribution in [-0.4, -0.2) is 48.6 Å². The summed E-state index contributed by atoms with van der Waals surface area (Å²) >= 11 is 0. The SMILES string of the molecule is CS(=O)(=O)NC[C@@H]1CCCN(c2nc3ccccn3c2[N+](=O)[O-])C1. The molecule has 3 heterocycles. The zero-order valence-corrected chi connectivity index (χ0v) is 14.1. The molecular weight excluding hydrogens is 334 g/mol. The quantitative estimate of drug-likeness (QED) is 0.634. The van der Waals surface area contributed by atoms with E-state index in [9.17, 15) is 18.5 Å². The third-order valence-corrected chi connectivity index (χ3v) is 4.80. The lowest BCUT2D eigenvalue weighted by molar-refractivity contribution is -0.389. The molecule has 24 heavy (non-hydrogen) atoms. The molecule has 2 aromatic heterocycles. The van der Waals surface area contributed by atoms with Crippen molar-refractivity contribution in [1.29, 1.82) is 0 Å². The molecule has 1 aliphatic rings. The monoisotopic (exact) mass is 353 g/mol. The Balaban J connectivity index is 1.87. The molecule has 1 atom stereocenters. The summed E-state index contributed by atoms with van der Waals surface area (Å²) < 4.78 is 26.5. The summed E-state index contributed by atoms with van der Waals surface area (Å²) in [5, 5.41) is 11.5. The average molecular weight is 353 g/mol. The Morgan fingerprint density at radius 1 is 1.46 bits per heavy atom. The Hall–Kier alpha value is -2.20. The van der Waals surface area contributed by atoms with Crippen LogP contribution in [0.3, 0.4) is 0 Å². The van der Waals surface area contributed by atoms with E-state index < -0.39 is 14.9 Å². The molecule has 0 aliphatic carbocycles. The molecule has 0 spiro atoms. The summed E-state index contributed by atoms with van der Waals surface area (Å²) in [5.74, 6) is 0.385. The summed E-state index contributed by atoms with van der Waals surface area (Å²) in [5.41, 5.74) is 0.524. The van der Waals surface area contributed by atoms with Crippen molar-refractivity contribution in [2.75, 3.05) is 30.8 Å². The molecule has 0 unspecified atom stereocenters. The molecule has 3 rings (SSSR count). The lowest BCUT2D eigenvalue weighted by atomic mass is 9.98. The standard InChI is InChI=1S/C14H19N5O4S/c1-24(22,23)15-9-11-5-4-7-17(10-11)13-14(19(20)21)18-8-3-2-6-12(18)16-13/h2-3,6,8,11,15H,4-5,7,9-10H2,1H3/t11-/m0/s1. The predicted octanol–water partition coefficient (Wildman–Crippen LogP) is 1.01. The van der Waals surface area contributed by atoms with Crippen LogP contribution in [0.25, 0.3) is 5.65 Å². The lowest BCUT2D eigenvalue weighted by Gasteiger charge is -2.32. The van der Waals surface area contributed by atoms with Gasteiger partial charge in [0, 0.05) is 25.7 Å². The first-order valence-electron chi connectivity index (χ1n) is 7.66. The van der Waals surface area contributed by atoms with Crippen molar-refractivity contribution in [3.8, 4) is 0 Å². The number of nitrogens with one attached hydrogen (secondary N) is 1. The molecule has 1 fully saturated rings. The Bertz CT molecular complexity index is 863. The van der Waals surface area contributed by atoms with E-state index in [0.29, 0.717) is 31.1 Å². The molecule has 0 amide bonds. The van der Waals surface area contributed by atoms with E-state index in [0.717, 1.165) is 19.1 Å². The van der Waals surface area contributed by atoms with Gasteiger partial charge in [-0.15, -0.1) is 0 Å². The Morgan fingerprint density at radius 3 is 2.96 bits per heavy atom. The van der Waals surface area contributed by atoms with E-state index in [1.54, 1.807) is 24.4 Å². The number of nitro groups is 1. The number of fused-ring (bicyclic) bond motifs is 1. The molecule has 9 nitrogen and oxygen atoms in total. The molecular formula is C14H19N5O4S. The highest BCUT2D eigenvalue weighted by Crippen LogP contribution is 2.31. The molecule has 0 bridgehead atoms. The predicted molar refractivity (Wildman–Crippen MR) is 89.6 cm³/mol. The number of hydrogen-bond donors (Lipinski definition) is 1. The van der Waals surface area contributed by atoms with Crippen LogP contribution in [-0.2, 0) is 10.0 Å². The Morgan fingerprint density at radius 2 is 2.25 bits per heavy atom. The van der Waals surface area contributed by atoms with Crippen molar-refractivity contribution in [2.45, 2.75) is 12.8 Å². The van der Waals surface area contributed by atoms with Crippen molar-refractivity contribution in [3.63, 3.8) is 0 Å². The molecule has 1 saturated heterocycles. The number of anilines is 1. The molecule has 1 aliphatic heterocycles. The van der Waals surface area contributed by atoms with Gasteiger partial charge in [-0.05, 0) is 29.7 Å². The molecule has 1 N–H and O–H groups in total. The van der Waals surface area contributed by atoms with Crippen LogP contribution >= 0.6 is 0 Å². The molecule has 2 aromatic rings. The topological polar surface area (TPSA) is 110 Å². The van der Waals surface area contributed by atoms with E-state index in [2.05, 4.69) is 9.71 Å². The number of nitrogens with zero attached hydrogens (tertiary/aromatic N) is 4. The second-order valence-corrected chi connectivity index (χ2v) is 7.85. The number of sulfonamides is 1. The maximum atomic E-state index is 11.5. The van der Waals surface area contributed by atoms with E-state index in [-0.39, 0.29) is 11.7 Å². The highest BCUT2D eigenvalue weighted by Gasteiger charge is 2.30. The second kappa shape index (κ2) is 6.36. The third-order valence-electron chi connectivity index (χ3n) is 4.11. The van der Waals surface area contributed by atoms with Gasteiger partial charge in [-0.25, -0.2) is 13.1 Å². The van der Waals surface area contributed by atoms with Gasteiger partial charge >= 0.3 is 5.82 Å². The van der Waals surface area contributed by atoms with Gasteiger partial charge in [0.1, 0.15) is 0 Å². The fraction of sp³-hybridized carbons (Fsp3) is 0.500. The largest absolute Gasteiger partial charge is 0.372 e. The maximum Gasteiger partial charge on any atom is 0.372 e. The van der Waals surface area contributed by atoms with Crippen molar-refractivity contribution < 1.29 is 13.3 Å². The van der Waals surface area contributed by atoms with Gasteiger partial charge in [-0.3, -0.25) is 0 Å². The average Bonchev–Trinajstić information content (AvgIpc) is 2.92. The van der Waals surface area contributed by atoms with Crippen molar-refractivity contribution in [2.24, 2.45) is 5.92 Å². The zero-order chi connectivity index (χ0) is 17.3. The number of imidazole rings is 1. The van der Waals surface area contributed by atoms with Gasteiger partial charge in [0.15, 0.2) is 0 Å². The maximum absolute atomic E-state index is 11.5. The molecule has 0 aromatic carbocycles. The van der Waals surface area contributed by atoms with E-state index >= 15 is 0 Å². The fourth-order valence-corrected chi connectivity index (χ4v) is 3.58. The van der Waals surface area contributed by atoms with Crippen LogP contribution in [0.15, 0.2) is 24.4 Å². The first-order chi connectivity index (χ1) is 11.3. The van der Waals surface area contributed by atoms with Crippen molar-refractivity contribution >= 4 is 27.3 Å². The van der Waals surface area contributed by atoms with Gasteiger partial charge in [0.05, 0.1) is 12.5 Å². The first-order valence-corrected chi connectivity index (χ1v) is 9.55. The normalized spacial score (nSPS) is 18.9. The van der Waals surface area contributed by atoms with Gasteiger partial charge in [-0.1, -0.05) is 6.07 Å². The number of rotatable bonds is 5. The molecule has 0 saturated carbocycles. The zero-order valence-electron chi connectivity index (χ0n) is 13.3. The number of piperidine rings is 1. The van der Waals surface area contributed by atoms with E-state index in [1.807, 2.05) is 4.90 Å². The molecule has 10 heteroatoms. The van der Waals surface area contributed by atoms with E-state index in [1.165, 1.54) is 4.40 Å². The number of aromatic nitrogens is 2. The third kappa shape index (κ3) is 3.49. The summed E-state index contributed by atoms with van der Waals surface area (Å²) in [6.45, 7) is 1.53. The number of pyridine rings is 1. The van der Waals surface area contributed by atoms with Gasteiger partial charge in [0.2, 0.25) is 21.5 Å². The second-order valence-electron chi connectivity index (χ2n) is 6.02. The van der Waals surface area contributed by atoms with E-state index in [4.69, 9.17) is 0 Å². The highest BCUT2D eigenvalue weighted by molar-refractivity contribution is 7.88. The molecule has 0 radical (unpaired) electrons. The minimum Gasteiger partial charge on any atom is -0.358 e. The molecule has 130 valence electrons. The summed E-state index contributed by atoms with van der Waals surface area (Å²) in [6, 6.07) is 5.23. The smallest absolute Gasteiger partial charge is 0.358 e. The summed E-state index contributed by atoms with van der Waals surface area (Å²) in [4.78, 5) is 17.4. The van der Waals surface area contributed by atoms with Crippen LogP contribution < -0.4 is 9.62 Å². The van der Waals surface area contributed by atoms with Crippen LogP contribution in [0.1, 0.15) is 12.8 Å². The van der Waals surface area contributed by atoms with Crippen LogP contribution in [0.2, 0.25) is 0 Å². The minimum atomic E-state index is -3.24. The van der Waals surface area contributed by atoms with Gasteiger partial charge in [-0.2, -0.15) is 9.38 Å². The summed E-state index contributed by atoms with van der Waals surface area (Å²) in [6.07, 6.45) is 4.46. The lowest BCUT2D eigenvalue weighted by Crippen LogP contribution is -2.41. The Kier molecular flexibility index (Phi) is 4.41. The van der Waals surface area contributed by atoms with Gasteiger partial charge < -0.3 is 15.0 Å². The Labute approximate surface area is 139 Å².